The molecule has 1 aromatic carbocycles. The first-order valence-electron chi connectivity index (χ1n) is 9.86. The molecule has 0 bridgehead atoms. The molecule has 0 aromatic heterocycles. The molecule has 2 unspecified atom stereocenters. The first-order chi connectivity index (χ1) is 12.1. The molecule has 1 aliphatic heterocycles. The van der Waals surface area contributed by atoms with E-state index in [1.807, 2.05) is 30.3 Å². The lowest BCUT2D eigenvalue weighted by atomic mass is 9.73. The van der Waals surface area contributed by atoms with E-state index in [4.69, 9.17) is 4.74 Å². The molecule has 4 nitrogen and oxygen atoms in total. The molecular weight excluding hydrogens is 314 g/mol. The molecule has 138 valence electrons. The zero-order valence-corrected chi connectivity index (χ0v) is 15.3. The molecule has 2 fully saturated rings. The van der Waals surface area contributed by atoms with Crippen molar-refractivity contribution < 1.29 is 14.6 Å². The quantitative estimate of drug-likeness (QED) is 0.830. The fourth-order valence-electron chi connectivity index (χ4n) is 4.37. The average Bonchev–Trinajstić information content (AvgIpc) is 2.68. The molecule has 1 aromatic rings. The molecule has 0 spiro atoms. The topological polar surface area (TPSA) is 49.8 Å². The number of likely N-dealkylation sites (tertiary alicyclic amines) is 1. The lowest BCUT2D eigenvalue weighted by Crippen LogP contribution is -2.48. The Balaban J connectivity index is 1.80. The summed E-state index contributed by atoms with van der Waals surface area (Å²) in [5, 5.41) is 11.5. The van der Waals surface area contributed by atoms with Crippen molar-refractivity contribution in [3.63, 3.8) is 0 Å². The number of ether oxygens (including phenoxy) is 1. The minimum atomic E-state index is -1.52. The minimum absolute atomic E-state index is 0.0537. The Morgan fingerprint density at radius 3 is 2.56 bits per heavy atom. The summed E-state index contributed by atoms with van der Waals surface area (Å²) in [5.74, 6) is -0.504. The third-order valence-electron chi connectivity index (χ3n) is 5.90. The van der Waals surface area contributed by atoms with Crippen molar-refractivity contribution in [1.29, 1.82) is 0 Å². The number of benzene rings is 1. The summed E-state index contributed by atoms with van der Waals surface area (Å²) in [5.41, 5.74) is -0.842. The molecule has 0 amide bonds. The number of hydrogen-bond acceptors (Lipinski definition) is 4. The van der Waals surface area contributed by atoms with Gasteiger partial charge in [-0.3, -0.25) is 4.90 Å². The number of carbonyl (C=O) groups is 1. The molecule has 1 heterocycles. The summed E-state index contributed by atoms with van der Waals surface area (Å²) in [4.78, 5) is 15.4. The highest BCUT2D eigenvalue weighted by molar-refractivity contribution is 5.81. The summed E-state index contributed by atoms with van der Waals surface area (Å²) in [6.45, 7) is 4.94. The van der Waals surface area contributed by atoms with Gasteiger partial charge >= 0.3 is 5.97 Å². The third-order valence-corrected chi connectivity index (χ3v) is 5.90. The van der Waals surface area contributed by atoms with Crippen molar-refractivity contribution >= 4 is 5.97 Å². The van der Waals surface area contributed by atoms with Crippen LogP contribution in [0.2, 0.25) is 0 Å². The Morgan fingerprint density at radius 2 is 1.88 bits per heavy atom. The highest BCUT2D eigenvalue weighted by Crippen LogP contribution is 2.40. The molecule has 2 atom stereocenters. The number of likely N-dealkylation sites (N-methyl/N-ethyl adjacent to an activating group) is 1. The normalized spacial score (nSPS) is 25.3. The summed E-state index contributed by atoms with van der Waals surface area (Å²) in [7, 11) is 0. The summed E-state index contributed by atoms with van der Waals surface area (Å²) in [6, 6.07) is 9.40. The Morgan fingerprint density at radius 1 is 1.16 bits per heavy atom. The van der Waals surface area contributed by atoms with E-state index >= 15 is 0 Å². The number of hydrogen-bond donors (Lipinski definition) is 1. The minimum Gasteiger partial charge on any atom is -0.459 e. The first-order valence-corrected chi connectivity index (χ1v) is 9.86. The van der Waals surface area contributed by atoms with Gasteiger partial charge in [0.2, 0.25) is 0 Å². The number of piperidine rings is 1. The Labute approximate surface area is 151 Å². The van der Waals surface area contributed by atoms with E-state index in [0.29, 0.717) is 5.56 Å². The molecule has 4 heteroatoms. The van der Waals surface area contributed by atoms with Crippen LogP contribution >= 0.6 is 0 Å². The summed E-state index contributed by atoms with van der Waals surface area (Å²) >= 11 is 0. The van der Waals surface area contributed by atoms with Gasteiger partial charge in [0.25, 0.3) is 0 Å². The molecule has 0 radical (unpaired) electrons. The van der Waals surface area contributed by atoms with Crippen LogP contribution in [0, 0.1) is 5.92 Å². The second kappa shape index (κ2) is 8.33. The fraction of sp³-hybridized carbons (Fsp3) is 0.667. The maximum atomic E-state index is 13.1. The molecule has 1 saturated carbocycles. The van der Waals surface area contributed by atoms with E-state index in [2.05, 4.69) is 11.8 Å². The molecule has 1 saturated heterocycles. The second-order valence-corrected chi connectivity index (χ2v) is 7.53. The molecule has 2 aliphatic rings. The maximum Gasteiger partial charge on any atom is 0.343 e. The zero-order chi connectivity index (χ0) is 17.7. The van der Waals surface area contributed by atoms with Crippen LogP contribution in [0.15, 0.2) is 30.3 Å². The van der Waals surface area contributed by atoms with Crippen molar-refractivity contribution in [3.8, 4) is 0 Å². The molecule has 1 N–H and O–H groups in total. The van der Waals surface area contributed by atoms with Gasteiger partial charge in [-0.15, -0.1) is 0 Å². The number of nitrogens with zero attached hydrogens (tertiary/aromatic N) is 1. The fourth-order valence-corrected chi connectivity index (χ4v) is 4.37. The van der Waals surface area contributed by atoms with Crippen LogP contribution in [0.25, 0.3) is 0 Å². The van der Waals surface area contributed by atoms with Gasteiger partial charge in [0, 0.05) is 12.5 Å². The molecule has 25 heavy (non-hydrogen) atoms. The van der Waals surface area contributed by atoms with E-state index in [1.54, 1.807) is 0 Å². The number of esters is 1. The Hall–Kier alpha value is -1.39. The van der Waals surface area contributed by atoms with Gasteiger partial charge < -0.3 is 9.84 Å². The average molecular weight is 345 g/mol. The van der Waals surface area contributed by atoms with Gasteiger partial charge in [0.15, 0.2) is 5.60 Å². The van der Waals surface area contributed by atoms with E-state index in [9.17, 15) is 9.90 Å². The van der Waals surface area contributed by atoms with Gasteiger partial charge in [-0.05, 0) is 44.3 Å². The predicted octanol–water partition coefficient (Wildman–Crippen LogP) is 3.48. The van der Waals surface area contributed by atoms with Gasteiger partial charge in [-0.2, -0.15) is 0 Å². The van der Waals surface area contributed by atoms with E-state index < -0.39 is 11.6 Å². The SMILES string of the molecule is CCN1CCCC(OC(=O)C(O)(c2ccccc2)C2CCCCC2)C1. The van der Waals surface area contributed by atoms with Crippen LogP contribution in [0.1, 0.15) is 57.4 Å². The van der Waals surface area contributed by atoms with Gasteiger partial charge in [0.05, 0.1) is 0 Å². The van der Waals surface area contributed by atoms with Crippen molar-refractivity contribution in [1.82, 2.24) is 4.90 Å². The zero-order valence-electron chi connectivity index (χ0n) is 15.3. The second-order valence-electron chi connectivity index (χ2n) is 7.53. The largest absolute Gasteiger partial charge is 0.459 e. The van der Waals surface area contributed by atoms with Crippen molar-refractivity contribution in [2.24, 2.45) is 5.92 Å². The van der Waals surface area contributed by atoms with Crippen LogP contribution in [0.4, 0.5) is 0 Å². The van der Waals surface area contributed by atoms with Crippen LogP contribution in [-0.2, 0) is 15.1 Å². The van der Waals surface area contributed by atoms with Gasteiger partial charge in [-0.1, -0.05) is 56.5 Å². The van der Waals surface area contributed by atoms with E-state index in [0.717, 1.165) is 58.2 Å². The molecular formula is C21H31NO3. The number of rotatable bonds is 5. The van der Waals surface area contributed by atoms with Crippen LogP contribution in [0.5, 0.6) is 0 Å². The van der Waals surface area contributed by atoms with E-state index in [1.165, 1.54) is 6.42 Å². The van der Waals surface area contributed by atoms with Crippen LogP contribution in [0.3, 0.4) is 0 Å². The van der Waals surface area contributed by atoms with Crippen molar-refractivity contribution in [3.05, 3.63) is 35.9 Å². The first kappa shape index (κ1) is 18.4. The lowest BCUT2D eigenvalue weighted by Gasteiger charge is -2.39. The van der Waals surface area contributed by atoms with Crippen LogP contribution in [-0.4, -0.2) is 41.7 Å². The van der Waals surface area contributed by atoms with E-state index in [-0.39, 0.29) is 12.0 Å². The maximum absolute atomic E-state index is 13.1. The standard InChI is InChI=1S/C21H31NO3/c1-2-22-15-9-14-19(16-22)25-20(23)21(24,17-10-5-3-6-11-17)18-12-7-4-8-13-18/h3,5-6,10-11,18-19,24H,2,4,7-9,12-16H2,1H3. The van der Waals surface area contributed by atoms with Crippen molar-refractivity contribution in [2.75, 3.05) is 19.6 Å². The molecule has 3 rings (SSSR count). The number of carbonyl (C=O) groups excluding carboxylic acids is 1. The monoisotopic (exact) mass is 345 g/mol. The smallest absolute Gasteiger partial charge is 0.343 e. The highest BCUT2D eigenvalue weighted by Gasteiger charge is 2.47. The Bertz CT molecular complexity index is 556. The lowest BCUT2D eigenvalue weighted by molar-refractivity contribution is -0.183. The Kier molecular flexibility index (Phi) is 6.13. The van der Waals surface area contributed by atoms with Gasteiger partial charge in [0.1, 0.15) is 6.10 Å². The highest BCUT2D eigenvalue weighted by atomic mass is 16.6. The predicted molar refractivity (Wildman–Crippen MR) is 98.1 cm³/mol. The van der Waals surface area contributed by atoms with Gasteiger partial charge in [-0.25, -0.2) is 4.79 Å². The summed E-state index contributed by atoms with van der Waals surface area (Å²) in [6.07, 6.45) is 6.90. The van der Waals surface area contributed by atoms with Crippen molar-refractivity contribution in [2.45, 2.75) is 63.6 Å². The third kappa shape index (κ3) is 4.06. The molecule has 1 aliphatic carbocycles. The van der Waals surface area contributed by atoms with Crippen LogP contribution < -0.4 is 0 Å². The number of aliphatic hydroxyl groups is 1. The summed E-state index contributed by atoms with van der Waals surface area (Å²) < 4.78 is 5.87.